The van der Waals surface area contributed by atoms with Gasteiger partial charge in [0.15, 0.2) is 0 Å². The van der Waals surface area contributed by atoms with Crippen LogP contribution in [0.3, 0.4) is 0 Å². The standard InChI is InChI=1S/C24H18N2OS/c27-24-22(21-15-25-23(28-21)18-11-5-2-6-12-18)19-13-7-8-14-20(19)26(24)16-17-9-3-1-4-10-17/h1-15,22H,16H2. The zero-order valence-electron chi connectivity index (χ0n) is 15.2. The number of rotatable bonds is 4. The molecule has 0 spiro atoms. The number of hydrogen-bond donors (Lipinski definition) is 0. The molecule has 1 aromatic heterocycles. The monoisotopic (exact) mass is 382 g/mol. The van der Waals surface area contributed by atoms with E-state index in [4.69, 9.17) is 0 Å². The van der Waals surface area contributed by atoms with E-state index in [1.807, 2.05) is 65.7 Å². The SMILES string of the molecule is O=C1C(c2cnc(-c3ccccc3)s2)c2ccccc2N1Cc1ccccc1. The molecule has 2 heterocycles. The normalized spacial score (nSPS) is 15.6. The summed E-state index contributed by atoms with van der Waals surface area (Å²) in [7, 11) is 0. The topological polar surface area (TPSA) is 33.2 Å². The van der Waals surface area contributed by atoms with E-state index in [2.05, 4.69) is 35.3 Å². The summed E-state index contributed by atoms with van der Waals surface area (Å²) in [6.45, 7) is 0.581. The fraction of sp³-hybridized carbons (Fsp3) is 0.0833. The van der Waals surface area contributed by atoms with Gasteiger partial charge >= 0.3 is 0 Å². The Kier molecular flexibility index (Phi) is 4.26. The van der Waals surface area contributed by atoms with Gasteiger partial charge in [-0.25, -0.2) is 4.98 Å². The maximum Gasteiger partial charge on any atom is 0.240 e. The van der Waals surface area contributed by atoms with E-state index >= 15 is 0 Å². The number of anilines is 1. The molecule has 4 aromatic rings. The lowest BCUT2D eigenvalue weighted by molar-refractivity contribution is -0.118. The summed E-state index contributed by atoms with van der Waals surface area (Å²) in [5, 5.41) is 0.947. The number of carbonyl (C=O) groups excluding carboxylic acids is 1. The van der Waals surface area contributed by atoms with E-state index in [9.17, 15) is 4.79 Å². The third-order valence-electron chi connectivity index (χ3n) is 5.06. The first kappa shape index (κ1) is 16.9. The highest BCUT2D eigenvalue weighted by atomic mass is 32.1. The molecule has 3 nitrogen and oxygen atoms in total. The molecule has 1 unspecified atom stereocenters. The maximum atomic E-state index is 13.4. The average molecular weight is 382 g/mol. The van der Waals surface area contributed by atoms with Gasteiger partial charge in [-0.3, -0.25) is 4.79 Å². The van der Waals surface area contributed by atoms with Crippen LogP contribution >= 0.6 is 11.3 Å². The Bertz CT molecular complexity index is 1120. The Balaban J connectivity index is 1.52. The first-order chi connectivity index (χ1) is 13.8. The van der Waals surface area contributed by atoms with Crippen LogP contribution < -0.4 is 4.90 Å². The molecule has 28 heavy (non-hydrogen) atoms. The van der Waals surface area contributed by atoms with Gasteiger partial charge in [-0.2, -0.15) is 0 Å². The smallest absolute Gasteiger partial charge is 0.240 e. The van der Waals surface area contributed by atoms with Crippen LogP contribution in [0.5, 0.6) is 0 Å². The van der Waals surface area contributed by atoms with E-state index in [1.165, 1.54) is 0 Å². The van der Waals surface area contributed by atoms with Gasteiger partial charge in [-0.1, -0.05) is 78.9 Å². The van der Waals surface area contributed by atoms with Crippen LogP contribution in [0.2, 0.25) is 0 Å². The molecule has 0 N–H and O–H groups in total. The van der Waals surface area contributed by atoms with Crippen LogP contribution in [0.1, 0.15) is 21.9 Å². The number of benzene rings is 3. The first-order valence-corrected chi connectivity index (χ1v) is 10.1. The van der Waals surface area contributed by atoms with Gasteiger partial charge in [0.1, 0.15) is 10.9 Å². The lowest BCUT2D eigenvalue weighted by atomic mass is 10.00. The van der Waals surface area contributed by atoms with Crippen molar-refractivity contribution in [3.8, 4) is 10.6 Å². The number of para-hydroxylation sites is 1. The number of carbonyl (C=O) groups is 1. The number of thiazole rings is 1. The summed E-state index contributed by atoms with van der Waals surface area (Å²) in [6.07, 6.45) is 1.86. The minimum atomic E-state index is -0.283. The van der Waals surface area contributed by atoms with Crippen molar-refractivity contribution < 1.29 is 4.79 Å². The van der Waals surface area contributed by atoms with Gasteiger partial charge in [0, 0.05) is 22.3 Å². The molecule has 1 atom stereocenters. The Morgan fingerprint density at radius 2 is 1.54 bits per heavy atom. The van der Waals surface area contributed by atoms with Crippen LogP contribution in [0, 0.1) is 0 Å². The molecule has 0 aliphatic carbocycles. The molecule has 5 rings (SSSR count). The predicted octanol–water partition coefficient (Wildman–Crippen LogP) is 5.49. The largest absolute Gasteiger partial charge is 0.307 e. The lowest BCUT2D eigenvalue weighted by Crippen LogP contribution is -2.28. The number of aromatic nitrogens is 1. The molecule has 0 fully saturated rings. The van der Waals surface area contributed by atoms with Crippen molar-refractivity contribution in [2.75, 3.05) is 4.90 Å². The molecule has 1 amide bonds. The van der Waals surface area contributed by atoms with Gasteiger partial charge < -0.3 is 4.90 Å². The second-order valence-electron chi connectivity index (χ2n) is 6.84. The van der Waals surface area contributed by atoms with Gasteiger partial charge in [0.2, 0.25) is 5.91 Å². The molecule has 1 aliphatic heterocycles. The van der Waals surface area contributed by atoms with Gasteiger partial charge in [0.05, 0.1) is 6.54 Å². The Labute approximate surface area is 167 Å². The van der Waals surface area contributed by atoms with Crippen molar-refractivity contribution in [3.05, 3.63) is 107 Å². The molecule has 0 bridgehead atoms. The van der Waals surface area contributed by atoms with Gasteiger partial charge in [-0.15, -0.1) is 11.3 Å². The van der Waals surface area contributed by atoms with Crippen LogP contribution in [0.25, 0.3) is 10.6 Å². The Morgan fingerprint density at radius 3 is 2.32 bits per heavy atom. The average Bonchev–Trinajstić information content (AvgIpc) is 3.33. The van der Waals surface area contributed by atoms with Crippen molar-refractivity contribution >= 4 is 22.9 Å². The van der Waals surface area contributed by atoms with E-state index in [-0.39, 0.29) is 11.8 Å². The van der Waals surface area contributed by atoms with E-state index < -0.39 is 0 Å². The Hall–Kier alpha value is -3.24. The van der Waals surface area contributed by atoms with Crippen LogP contribution in [-0.2, 0) is 11.3 Å². The van der Waals surface area contributed by atoms with Crippen LogP contribution in [0.15, 0.2) is 91.1 Å². The minimum absolute atomic E-state index is 0.119. The zero-order chi connectivity index (χ0) is 18.9. The second-order valence-corrected chi connectivity index (χ2v) is 7.90. The molecule has 0 radical (unpaired) electrons. The highest BCUT2D eigenvalue weighted by molar-refractivity contribution is 7.15. The second kappa shape index (κ2) is 7.06. The molecular formula is C24H18N2OS. The highest BCUT2D eigenvalue weighted by Gasteiger charge is 2.39. The summed E-state index contributed by atoms with van der Waals surface area (Å²) in [5.41, 5.74) is 4.27. The quantitative estimate of drug-likeness (QED) is 0.468. The summed E-state index contributed by atoms with van der Waals surface area (Å²) >= 11 is 1.60. The predicted molar refractivity (Wildman–Crippen MR) is 113 cm³/mol. The minimum Gasteiger partial charge on any atom is -0.307 e. The van der Waals surface area contributed by atoms with E-state index in [0.29, 0.717) is 6.54 Å². The summed E-state index contributed by atoms with van der Waals surface area (Å²) in [4.78, 5) is 20.9. The van der Waals surface area contributed by atoms with Crippen molar-refractivity contribution in [2.24, 2.45) is 0 Å². The summed E-state index contributed by atoms with van der Waals surface area (Å²) < 4.78 is 0. The van der Waals surface area contributed by atoms with Gasteiger partial charge in [-0.05, 0) is 17.2 Å². The van der Waals surface area contributed by atoms with Crippen molar-refractivity contribution in [2.45, 2.75) is 12.5 Å². The van der Waals surface area contributed by atoms with Crippen LogP contribution in [0.4, 0.5) is 5.69 Å². The van der Waals surface area contributed by atoms with Crippen molar-refractivity contribution in [1.82, 2.24) is 4.98 Å². The molecule has 3 aromatic carbocycles. The molecule has 136 valence electrons. The molecular weight excluding hydrogens is 364 g/mol. The fourth-order valence-electron chi connectivity index (χ4n) is 3.72. The molecule has 4 heteroatoms. The highest BCUT2D eigenvalue weighted by Crippen LogP contribution is 2.44. The van der Waals surface area contributed by atoms with E-state index in [1.54, 1.807) is 11.3 Å². The van der Waals surface area contributed by atoms with E-state index in [0.717, 1.165) is 32.3 Å². The summed E-state index contributed by atoms with van der Waals surface area (Å²) in [6, 6.07) is 28.3. The third kappa shape index (κ3) is 2.92. The first-order valence-electron chi connectivity index (χ1n) is 9.26. The molecule has 0 saturated carbocycles. The number of amides is 1. The fourth-order valence-corrected chi connectivity index (χ4v) is 4.76. The molecule has 0 saturated heterocycles. The number of fused-ring (bicyclic) bond motifs is 1. The number of nitrogens with zero attached hydrogens (tertiary/aromatic N) is 2. The summed E-state index contributed by atoms with van der Waals surface area (Å²) in [5.74, 6) is -0.164. The maximum absolute atomic E-state index is 13.4. The third-order valence-corrected chi connectivity index (χ3v) is 6.18. The Morgan fingerprint density at radius 1 is 0.857 bits per heavy atom. The van der Waals surface area contributed by atoms with Crippen molar-refractivity contribution in [3.63, 3.8) is 0 Å². The zero-order valence-corrected chi connectivity index (χ0v) is 16.0. The molecule has 1 aliphatic rings. The van der Waals surface area contributed by atoms with Crippen molar-refractivity contribution in [1.29, 1.82) is 0 Å². The lowest BCUT2D eigenvalue weighted by Gasteiger charge is -2.18. The van der Waals surface area contributed by atoms with Crippen LogP contribution in [-0.4, -0.2) is 10.9 Å². The number of hydrogen-bond acceptors (Lipinski definition) is 3. The van der Waals surface area contributed by atoms with Gasteiger partial charge in [0.25, 0.3) is 0 Å².